The maximum Gasteiger partial charge on any atom is 2.00 e. The zero-order chi connectivity index (χ0) is 38.4. The molecule has 2 aliphatic heterocycles. The van der Waals surface area contributed by atoms with Crippen LogP contribution in [0, 0.1) is 0 Å². The summed E-state index contributed by atoms with van der Waals surface area (Å²) in [6, 6.07) is 38.2. The Kier molecular flexibility index (Phi) is 12.3. The summed E-state index contributed by atoms with van der Waals surface area (Å²) in [6.45, 7) is 1.34. The number of nitrogens with one attached hydrogen (secondary N) is 1. The van der Waals surface area contributed by atoms with Crippen molar-refractivity contribution >= 4 is 70.0 Å². The number of carboxylic acid groups (broad SMARTS) is 1. The number of aryl methyl sites for hydroxylation is 1. The van der Waals surface area contributed by atoms with Crippen molar-refractivity contribution in [1.82, 2.24) is 25.3 Å². The number of unbranched alkanes of at least 4 members (excludes halogenated alkanes) is 1. The van der Waals surface area contributed by atoms with Crippen LogP contribution in [0.2, 0.25) is 0 Å². The van der Waals surface area contributed by atoms with Gasteiger partial charge >= 0.3 is 22.5 Å². The molecule has 6 aromatic rings. The fraction of sp³-hybridized carbons (Fsp3) is 0.149. The Labute approximate surface area is 345 Å². The number of carboxylic acids is 1. The zero-order valence-corrected chi connectivity index (χ0v) is 33.0. The van der Waals surface area contributed by atoms with Crippen LogP contribution in [0.25, 0.3) is 79.8 Å². The van der Waals surface area contributed by atoms with Crippen LogP contribution in [0.5, 0.6) is 0 Å². The van der Waals surface area contributed by atoms with Gasteiger partial charge in [0.25, 0.3) is 0 Å². The predicted octanol–water partition coefficient (Wildman–Crippen LogP) is 9.56. The van der Waals surface area contributed by atoms with Crippen LogP contribution in [0.4, 0.5) is 0 Å². The van der Waals surface area contributed by atoms with E-state index in [0.717, 1.165) is 109 Å². The van der Waals surface area contributed by atoms with Crippen molar-refractivity contribution in [2.24, 2.45) is 0 Å². The van der Waals surface area contributed by atoms with E-state index in [1.54, 1.807) is 0 Å². The Bertz CT molecular complexity index is 2600. The molecule has 0 aliphatic carbocycles. The van der Waals surface area contributed by atoms with Gasteiger partial charge in [-0.15, -0.1) is 22.1 Å². The number of hydrogen-bond acceptors (Lipinski definition) is 5. The molecule has 8 bridgehead atoms. The summed E-state index contributed by atoms with van der Waals surface area (Å²) in [4.78, 5) is 44.3. The Morgan fingerprint density at radius 2 is 1.04 bits per heavy atom. The number of carbonyl (C=O) groups excluding carboxylic acids is 1. The molecule has 2 aliphatic rings. The van der Waals surface area contributed by atoms with Gasteiger partial charge in [0.05, 0.1) is 22.8 Å². The van der Waals surface area contributed by atoms with E-state index >= 15 is 0 Å². The molecule has 5 heterocycles. The Balaban J connectivity index is 0.00000496. The molecule has 0 radical (unpaired) electrons. The fourth-order valence-corrected chi connectivity index (χ4v) is 8.27. The van der Waals surface area contributed by atoms with E-state index in [1.807, 2.05) is 54.6 Å². The van der Waals surface area contributed by atoms with Crippen LogP contribution in [0.3, 0.4) is 0 Å². The molecule has 0 fully saturated rings. The average Bonchev–Trinajstić information content (AvgIpc) is 4.06. The van der Waals surface area contributed by atoms with E-state index < -0.39 is 12.0 Å². The third kappa shape index (κ3) is 8.73. The quantitative estimate of drug-likeness (QED) is 0.0925. The van der Waals surface area contributed by atoms with E-state index in [1.165, 1.54) is 18.7 Å². The number of hydrogen-bond donors (Lipinski definition) is 2. The summed E-state index contributed by atoms with van der Waals surface area (Å²) >= 11 is 1.53. The van der Waals surface area contributed by atoms with Crippen molar-refractivity contribution in [2.75, 3.05) is 11.5 Å². The zero-order valence-electron chi connectivity index (χ0n) is 31.2. The molecule has 0 unspecified atom stereocenters. The molecule has 3 aromatic heterocycles. The number of aliphatic carboxylic acids is 1. The summed E-state index contributed by atoms with van der Waals surface area (Å²) in [5.74, 6) is -0.313. The average molecular weight is 813 g/mol. The number of fused-ring (bicyclic) bond motifs is 8. The van der Waals surface area contributed by atoms with Crippen LogP contribution in [-0.4, -0.2) is 44.5 Å². The van der Waals surface area contributed by atoms with Crippen molar-refractivity contribution in [2.45, 2.75) is 32.2 Å². The fourth-order valence-electron chi connectivity index (χ4n) is 7.23. The molecule has 0 saturated heterocycles. The van der Waals surface area contributed by atoms with E-state index in [-0.39, 0.29) is 22.4 Å². The van der Waals surface area contributed by atoms with Crippen LogP contribution >= 0.6 is 11.8 Å². The van der Waals surface area contributed by atoms with E-state index in [2.05, 4.69) is 90.3 Å². The van der Waals surface area contributed by atoms with Gasteiger partial charge in [-0.2, -0.15) is 11.8 Å². The minimum atomic E-state index is -1.03. The second-order valence-electron chi connectivity index (χ2n) is 13.7. The Hall–Kier alpha value is -5.96. The van der Waals surface area contributed by atoms with Crippen LogP contribution in [-0.2, 0) is 32.5 Å². The summed E-state index contributed by atoms with van der Waals surface area (Å²) in [7, 11) is 0. The predicted molar refractivity (Wildman–Crippen MR) is 229 cm³/mol. The van der Waals surface area contributed by atoms with Crippen LogP contribution in [0.15, 0.2) is 115 Å². The number of amides is 1. The van der Waals surface area contributed by atoms with Crippen LogP contribution < -0.4 is 15.3 Å². The van der Waals surface area contributed by atoms with E-state index in [0.29, 0.717) is 5.75 Å². The molecule has 8 rings (SSSR count). The maximum absolute atomic E-state index is 11.6. The summed E-state index contributed by atoms with van der Waals surface area (Å²) < 4.78 is 0. The summed E-state index contributed by atoms with van der Waals surface area (Å²) in [6.07, 6.45) is 10.7. The van der Waals surface area contributed by atoms with Gasteiger partial charge in [0.1, 0.15) is 6.04 Å². The first-order valence-electron chi connectivity index (χ1n) is 18.7. The Morgan fingerprint density at radius 3 is 1.49 bits per heavy atom. The van der Waals surface area contributed by atoms with Crippen molar-refractivity contribution < 1.29 is 31.2 Å². The number of nitrogens with zero attached hydrogens (tertiary/aromatic N) is 4. The van der Waals surface area contributed by atoms with Gasteiger partial charge in [-0.1, -0.05) is 115 Å². The number of thioether (sulfide) groups is 1. The molecule has 0 saturated carbocycles. The second kappa shape index (κ2) is 17.9. The number of benzene rings is 3. The molecular formula is C47H39N5NiO3S. The van der Waals surface area contributed by atoms with Gasteiger partial charge in [-0.3, -0.25) is 4.79 Å². The molecule has 0 spiro atoms. The number of carbonyl (C=O) groups is 2. The van der Waals surface area contributed by atoms with Gasteiger partial charge in [-0.05, 0) is 88.3 Å². The number of aromatic nitrogens is 4. The van der Waals surface area contributed by atoms with Gasteiger partial charge in [0, 0.05) is 12.7 Å². The molecular weight excluding hydrogens is 773 g/mol. The molecule has 57 heavy (non-hydrogen) atoms. The molecule has 2 N–H and O–H groups in total. The first-order chi connectivity index (χ1) is 27.4. The van der Waals surface area contributed by atoms with Gasteiger partial charge in [-0.25, -0.2) is 14.8 Å². The molecule has 1 amide bonds. The normalized spacial score (nSPS) is 12.2. The SMILES string of the molecule is CC(=O)N[C@@H](CSCCCCc1c2nc(c(-c3ccccc3)c3ccc([n-]3)c(-c3ccccc3)c3nc(c(-c4ccccc4)c4ccc1[n-]4)C=C3)C=C2)C(=O)O.[Ni+2]. The minimum Gasteiger partial charge on any atom is -0.657 e. The van der Waals surface area contributed by atoms with E-state index in [4.69, 9.17) is 19.9 Å². The van der Waals surface area contributed by atoms with Gasteiger partial charge in [0.2, 0.25) is 5.91 Å². The first-order valence-corrected chi connectivity index (χ1v) is 19.9. The van der Waals surface area contributed by atoms with E-state index in [9.17, 15) is 14.7 Å². The van der Waals surface area contributed by atoms with Gasteiger partial charge in [0.15, 0.2) is 0 Å². The molecule has 8 nitrogen and oxygen atoms in total. The Morgan fingerprint density at radius 1 is 0.614 bits per heavy atom. The van der Waals surface area contributed by atoms with Crippen molar-refractivity contribution in [3.8, 4) is 33.4 Å². The van der Waals surface area contributed by atoms with Crippen molar-refractivity contribution in [3.05, 3.63) is 144 Å². The standard InChI is InChI=1S/C47H41N5O3S.Ni/c1-30(53)48-43(47(54)55)29-56-28-12-11-19-34-35-20-22-37(49-35)44(31-13-5-2-6-14-31)39-24-26-41(51-39)46(33-17-9-4-10-18-33)42-27-25-40(52-42)45(32-15-7-3-8-16-32)38-23-21-36(34)50-38;/h2-10,13-18,20-27,43H,11-12,19,28-29H2,1H3,(H4,48,49,50,51,52,53,54,55);/q;+2/p-2/t43-;/m0./s1. The topological polar surface area (TPSA) is 120 Å². The third-order valence-electron chi connectivity index (χ3n) is 9.83. The first kappa shape index (κ1) is 39.3. The van der Waals surface area contributed by atoms with Gasteiger partial charge < -0.3 is 20.4 Å². The molecule has 3 aromatic carbocycles. The number of rotatable bonds is 12. The molecule has 1 atom stereocenters. The summed E-state index contributed by atoms with van der Waals surface area (Å²) in [5.41, 5.74) is 13.6. The maximum atomic E-state index is 11.6. The largest absolute Gasteiger partial charge is 2.00 e. The molecule has 10 heteroatoms. The van der Waals surface area contributed by atoms with Crippen LogP contribution in [0.1, 0.15) is 48.1 Å². The summed E-state index contributed by atoms with van der Waals surface area (Å²) in [5, 5.41) is 12.0. The smallest absolute Gasteiger partial charge is 0.657 e. The third-order valence-corrected chi connectivity index (χ3v) is 11.0. The monoisotopic (exact) mass is 811 g/mol. The minimum absolute atomic E-state index is 0. The second-order valence-corrected chi connectivity index (χ2v) is 14.8. The van der Waals surface area contributed by atoms with Crippen molar-refractivity contribution in [1.29, 1.82) is 0 Å². The van der Waals surface area contributed by atoms with Crippen molar-refractivity contribution in [3.63, 3.8) is 0 Å². The molecule has 286 valence electrons.